The third-order valence-electron chi connectivity index (χ3n) is 4.68. The number of nitrogens with one attached hydrogen (secondary N) is 1. The summed E-state index contributed by atoms with van der Waals surface area (Å²) in [5.41, 5.74) is 2.64. The van der Waals surface area contributed by atoms with Crippen LogP contribution in [0.5, 0.6) is 0 Å². The molecule has 2 rings (SSSR count). The fourth-order valence-electron chi connectivity index (χ4n) is 3.53. The van der Waals surface area contributed by atoms with Gasteiger partial charge in [0.05, 0.1) is 0 Å². The Labute approximate surface area is 129 Å². The van der Waals surface area contributed by atoms with Crippen LogP contribution in [0.1, 0.15) is 69.9 Å². The minimum Gasteiger partial charge on any atom is -0.312 e. The Kier molecular flexibility index (Phi) is 5.43. The molecule has 1 aliphatic rings. The van der Waals surface area contributed by atoms with Gasteiger partial charge in [-0.2, -0.15) is 0 Å². The van der Waals surface area contributed by atoms with E-state index in [1.165, 1.54) is 37.7 Å². The Morgan fingerprint density at radius 1 is 1.14 bits per heavy atom. The van der Waals surface area contributed by atoms with E-state index in [1.807, 2.05) is 6.07 Å². The predicted octanol–water partition coefficient (Wildman–Crippen LogP) is 5.19. The maximum atomic E-state index is 13.4. The third kappa shape index (κ3) is 4.81. The van der Waals surface area contributed by atoms with E-state index in [0.717, 1.165) is 12.1 Å². The molecule has 1 aromatic carbocycles. The van der Waals surface area contributed by atoms with Gasteiger partial charge in [-0.1, -0.05) is 25.3 Å². The molecule has 2 atom stereocenters. The van der Waals surface area contributed by atoms with Gasteiger partial charge in [-0.25, -0.2) is 4.39 Å². The average molecular weight is 291 g/mol. The second kappa shape index (κ2) is 6.91. The van der Waals surface area contributed by atoms with Crippen molar-refractivity contribution < 1.29 is 4.39 Å². The van der Waals surface area contributed by atoms with E-state index in [-0.39, 0.29) is 11.4 Å². The summed E-state index contributed by atoms with van der Waals surface area (Å²) in [5.74, 6) is 1.12. The molecule has 1 N–H and O–H groups in total. The Hall–Kier alpha value is -0.890. The zero-order valence-electron chi connectivity index (χ0n) is 14.0. The Morgan fingerprint density at radius 2 is 1.86 bits per heavy atom. The molecule has 0 aromatic heterocycles. The number of aryl methyl sites for hydroxylation is 1. The largest absolute Gasteiger partial charge is 0.312 e. The zero-order valence-corrected chi connectivity index (χ0v) is 14.0. The minimum atomic E-state index is -0.116. The first kappa shape index (κ1) is 16.5. The standard InChI is InChI=1S/C19H30FN/c1-14-12-16(20)10-11-17(14)18-9-7-5-6-8-15(18)13-21-19(2,3)4/h10-12,15,18,21H,5-9,13H2,1-4H3. The molecule has 0 heterocycles. The van der Waals surface area contributed by atoms with Crippen molar-refractivity contribution in [2.75, 3.05) is 6.54 Å². The summed E-state index contributed by atoms with van der Waals surface area (Å²) < 4.78 is 13.4. The number of hydrogen-bond donors (Lipinski definition) is 1. The van der Waals surface area contributed by atoms with Crippen molar-refractivity contribution >= 4 is 0 Å². The van der Waals surface area contributed by atoms with Crippen molar-refractivity contribution in [3.8, 4) is 0 Å². The quantitative estimate of drug-likeness (QED) is 0.756. The molecular formula is C19H30FN. The highest BCUT2D eigenvalue weighted by atomic mass is 19.1. The van der Waals surface area contributed by atoms with Crippen LogP contribution in [0.25, 0.3) is 0 Å². The monoisotopic (exact) mass is 291 g/mol. The first-order valence-corrected chi connectivity index (χ1v) is 8.38. The van der Waals surface area contributed by atoms with Gasteiger partial charge in [0.1, 0.15) is 5.82 Å². The summed E-state index contributed by atoms with van der Waals surface area (Å²) in [6.45, 7) is 9.79. The topological polar surface area (TPSA) is 12.0 Å². The molecule has 1 fully saturated rings. The van der Waals surface area contributed by atoms with Gasteiger partial charge < -0.3 is 5.32 Å². The lowest BCUT2D eigenvalue weighted by atomic mass is 9.80. The van der Waals surface area contributed by atoms with Crippen molar-refractivity contribution in [3.63, 3.8) is 0 Å². The normalized spacial score (nSPS) is 23.9. The van der Waals surface area contributed by atoms with E-state index in [0.29, 0.717) is 11.8 Å². The Balaban J connectivity index is 2.18. The van der Waals surface area contributed by atoms with Crippen LogP contribution in [0.15, 0.2) is 18.2 Å². The molecule has 0 aliphatic heterocycles. The summed E-state index contributed by atoms with van der Waals surface area (Å²) in [4.78, 5) is 0. The van der Waals surface area contributed by atoms with Gasteiger partial charge >= 0.3 is 0 Å². The van der Waals surface area contributed by atoms with Crippen LogP contribution in [0, 0.1) is 18.7 Å². The van der Waals surface area contributed by atoms with E-state index in [2.05, 4.69) is 33.0 Å². The van der Waals surface area contributed by atoms with E-state index in [9.17, 15) is 4.39 Å². The number of hydrogen-bond acceptors (Lipinski definition) is 1. The molecular weight excluding hydrogens is 261 g/mol. The van der Waals surface area contributed by atoms with Crippen LogP contribution < -0.4 is 5.32 Å². The average Bonchev–Trinajstić information content (AvgIpc) is 2.61. The summed E-state index contributed by atoms with van der Waals surface area (Å²) in [6, 6.07) is 5.33. The molecule has 118 valence electrons. The van der Waals surface area contributed by atoms with E-state index in [1.54, 1.807) is 12.1 Å². The molecule has 2 heteroatoms. The lowest BCUT2D eigenvalue weighted by Crippen LogP contribution is -2.40. The van der Waals surface area contributed by atoms with Gasteiger partial charge in [-0.15, -0.1) is 0 Å². The second-order valence-electron chi connectivity index (χ2n) is 7.64. The van der Waals surface area contributed by atoms with Crippen LogP contribution >= 0.6 is 0 Å². The molecule has 0 saturated heterocycles. The predicted molar refractivity (Wildman–Crippen MR) is 88.2 cm³/mol. The van der Waals surface area contributed by atoms with E-state index >= 15 is 0 Å². The van der Waals surface area contributed by atoms with Crippen LogP contribution in [-0.4, -0.2) is 12.1 Å². The molecule has 1 aromatic rings. The molecule has 0 bridgehead atoms. The van der Waals surface area contributed by atoms with Gasteiger partial charge in [-0.05, 0) is 82.2 Å². The molecule has 2 unspecified atom stereocenters. The van der Waals surface area contributed by atoms with Crippen molar-refractivity contribution in [1.29, 1.82) is 0 Å². The van der Waals surface area contributed by atoms with Crippen LogP contribution in [0.2, 0.25) is 0 Å². The maximum absolute atomic E-state index is 13.4. The van der Waals surface area contributed by atoms with Crippen LogP contribution in [-0.2, 0) is 0 Å². The number of rotatable bonds is 3. The van der Waals surface area contributed by atoms with Gasteiger partial charge in [-0.3, -0.25) is 0 Å². The Bertz CT molecular complexity index is 461. The van der Waals surface area contributed by atoms with Gasteiger partial charge in [0.2, 0.25) is 0 Å². The first-order chi connectivity index (χ1) is 9.87. The summed E-state index contributed by atoms with van der Waals surface area (Å²) >= 11 is 0. The fourth-order valence-corrected chi connectivity index (χ4v) is 3.53. The van der Waals surface area contributed by atoms with Crippen LogP contribution in [0.3, 0.4) is 0 Å². The van der Waals surface area contributed by atoms with Crippen LogP contribution in [0.4, 0.5) is 4.39 Å². The number of benzene rings is 1. The molecule has 1 nitrogen and oxygen atoms in total. The molecule has 1 saturated carbocycles. The molecule has 0 amide bonds. The molecule has 21 heavy (non-hydrogen) atoms. The van der Waals surface area contributed by atoms with Crippen molar-refractivity contribution in [2.45, 2.75) is 71.3 Å². The summed E-state index contributed by atoms with van der Waals surface area (Å²) in [7, 11) is 0. The SMILES string of the molecule is Cc1cc(F)ccc1C1CCCCCC1CNC(C)(C)C. The maximum Gasteiger partial charge on any atom is 0.123 e. The highest BCUT2D eigenvalue weighted by Gasteiger charge is 2.27. The first-order valence-electron chi connectivity index (χ1n) is 8.38. The second-order valence-corrected chi connectivity index (χ2v) is 7.64. The van der Waals surface area contributed by atoms with E-state index < -0.39 is 0 Å². The van der Waals surface area contributed by atoms with Gasteiger partial charge in [0.25, 0.3) is 0 Å². The molecule has 1 aliphatic carbocycles. The summed E-state index contributed by atoms with van der Waals surface area (Å²) in [6.07, 6.45) is 6.48. The lowest BCUT2D eigenvalue weighted by Gasteiger charge is -2.31. The number of halogens is 1. The van der Waals surface area contributed by atoms with Crippen molar-refractivity contribution in [2.24, 2.45) is 5.92 Å². The smallest absolute Gasteiger partial charge is 0.123 e. The molecule has 0 spiro atoms. The van der Waals surface area contributed by atoms with Crippen molar-refractivity contribution in [3.05, 3.63) is 35.1 Å². The van der Waals surface area contributed by atoms with Gasteiger partial charge in [0, 0.05) is 5.54 Å². The fraction of sp³-hybridized carbons (Fsp3) is 0.684. The Morgan fingerprint density at radius 3 is 2.52 bits per heavy atom. The van der Waals surface area contributed by atoms with E-state index in [4.69, 9.17) is 0 Å². The highest BCUT2D eigenvalue weighted by molar-refractivity contribution is 5.30. The highest BCUT2D eigenvalue weighted by Crippen LogP contribution is 2.38. The lowest BCUT2D eigenvalue weighted by molar-refractivity contribution is 0.321. The molecule has 0 radical (unpaired) electrons. The van der Waals surface area contributed by atoms with Gasteiger partial charge in [0.15, 0.2) is 0 Å². The zero-order chi connectivity index (χ0) is 15.5. The minimum absolute atomic E-state index is 0.116. The third-order valence-corrected chi connectivity index (χ3v) is 4.68. The summed E-state index contributed by atoms with van der Waals surface area (Å²) in [5, 5.41) is 3.68. The van der Waals surface area contributed by atoms with Crippen molar-refractivity contribution in [1.82, 2.24) is 5.32 Å².